The van der Waals surface area contributed by atoms with E-state index in [0.29, 0.717) is 44.1 Å². The van der Waals surface area contributed by atoms with Crippen molar-refractivity contribution in [1.82, 2.24) is 14.8 Å². The molecule has 1 aromatic heterocycles. The van der Waals surface area contributed by atoms with E-state index in [1.165, 1.54) is 18.4 Å². The number of ether oxygens (including phenoxy) is 1. The molecule has 2 saturated carbocycles. The smallest absolute Gasteiger partial charge is 0.243 e. The minimum atomic E-state index is -0.383. The lowest BCUT2D eigenvalue weighted by Crippen LogP contribution is -2.44. The van der Waals surface area contributed by atoms with Crippen LogP contribution in [0, 0.1) is 5.41 Å². The lowest BCUT2D eigenvalue weighted by Gasteiger charge is -2.27. The molecule has 0 unspecified atom stereocenters. The van der Waals surface area contributed by atoms with Crippen LogP contribution < -0.4 is 5.32 Å². The fraction of sp³-hybridized carbons (Fsp3) is 0.567. The summed E-state index contributed by atoms with van der Waals surface area (Å²) in [5, 5.41) is 4.50. The molecule has 3 heterocycles. The number of piperidine rings is 1. The normalized spacial score (nSPS) is 29.1. The highest BCUT2D eigenvalue weighted by Gasteiger charge is 2.66. The molecule has 1 aromatic carbocycles. The molecule has 37 heavy (non-hydrogen) atoms. The summed E-state index contributed by atoms with van der Waals surface area (Å²) in [5.74, 6) is 0.646. The first-order chi connectivity index (χ1) is 17.9. The highest BCUT2D eigenvalue weighted by molar-refractivity contribution is 6.08. The maximum atomic E-state index is 13.9. The Labute approximate surface area is 218 Å². The number of carbonyl (C=O) groups excluding carboxylic acids is 3. The van der Waals surface area contributed by atoms with Gasteiger partial charge in [-0.25, -0.2) is 0 Å². The van der Waals surface area contributed by atoms with Gasteiger partial charge in [-0.15, -0.1) is 0 Å². The van der Waals surface area contributed by atoms with Crippen LogP contribution in [0.3, 0.4) is 0 Å². The third-order valence-corrected chi connectivity index (χ3v) is 8.81. The summed E-state index contributed by atoms with van der Waals surface area (Å²) < 4.78 is 7.96. The minimum Gasteiger partial charge on any atom is -0.377 e. The molecule has 1 N–H and O–H groups in total. The number of nitrogens with zero attached hydrogens (tertiary/aromatic N) is 2. The fourth-order valence-corrected chi connectivity index (χ4v) is 6.60. The third kappa shape index (κ3) is 4.46. The van der Waals surface area contributed by atoms with Crippen molar-refractivity contribution < 1.29 is 19.1 Å². The molecule has 3 fully saturated rings. The van der Waals surface area contributed by atoms with Crippen LogP contribution in [-0.2, 0) is 27.4 Å². The predicted molar refractivity (Wildman–Crippen MR) is 142 cm³/mol. The lowest BCUT2D eigenvalue weighted by atomic mass is 9.97. The first-order valence-corrected chi connectivity index (χ1v) is 13.9. The molecule has 3 atom stereocenters. The summed E-state index contributed by atoms with van der Waals surface area (Å²) in [6.45, 7) is 6.24. The number of benzene rings is 1. The maximum Gasteiger partial charge on any atom is 0.243 e. The second-order valence-corrected chi connectivity index (χ2v) is 11.5. The predicted octanol–water partition coefficient (Wildman–Crippen LogP) is 4.13. The van der Waals surface area contributed by atoms with E-state index >= 15 is 0 Å². The zero-order chi connectivity index (χ0) is 25.7. The first kappa shape index (κ1) is 24.6. The summed E-state index contributed by atoms with van der Waals surface area (Å²) in [6, 6.07) is 4.10. The number of carbonyl (C=O) groups is 3. The van der Waals surface area contributed by atoms with Gasteiger partial charge in [-0.2, -0.15) is 0 Å². The quantitative estimate of drug-likeness (QED) is 0.501. The summed E-state index contributed by atoms with van der Waals surface area (Å²) in [5.41, 5.74) is 3.93. The van der Waals surface area contributed by atoms with Gasteiger partial charge < -0.3 is 19.5 Å². The van der Waals surface area contributed by atoms with Gasteiger partial charge >= 0.3 is 0 Å². The summed E-state index contributed by atoms with van der Waals surface area (Å²) in [6.07, 6.45) is 11.3. The van der Waals surface area contributed by atoms with E-state index in [4.69, 9.17) is 4.74 Å². The van der Waals surface area contributed by atoms with E-state index in [1.54, 1.807) is 6.92 Å². The van der Waals surface area contributed by atoms with Crippen LogP contribution >= 0.6 is 0 Å². The van der Waals surface area contributed by atoms with Gasteiger partial charge in [0.15, 0.2) is 11.6 Å². The molecule has 2 aliphatic heterocycles. The Morgan fingerprint density at radius 1 is 1.19 bits per heavy atom. The van der Waals surface area contributed by atoms with Gasteiger partial charge in [0.2, 0.25) is 5.91 Å². The van der Waals surface area contributed by atoms with E-state index in [1.807, 2.05) is 22.6 Å². The second kappa shape index (κ2) is 9.52. The average molecular weight is 504 g/mol. The number of hydrogen-bond acceptors (Lipinski definition) is 5. The molecule has 7 heteroatoms. The SMILES string of the molecule is CCC(=O)[C@@H]1C[C@]23COC/C=C\CCNCc4cc(C5CC5)cc5c(C(C)=O)cn(c45)CC(=O)N1[C@@H]2C3. The number of nitrogens with one attached hydrogen (secondary N) is 1. The van der Waals surface area contributed by atoms with Crippen LogP contribution in [0.4, 0.5) is 0 Å². The van der Waals surface area contributed by atoms with Crippen LogP contribution in [0.2, 0.25) is 0 Å². The molecule has 0 radical (unpaired) electrons. The molecular formula is C30H37N3O4. The Bertz CT molecular complexity index is 1290. The number of amides is 1. The van der Waals surface area contributed by atoms with E-state index < -0.39 is 0 Å². The average Bonchev–Trinajstić information content (AvgIpc) is 3.79. The molecule has 4 aliphatic rings. The molecule has 2 aromatic rings. The van der Waals surface area contributed by atoms with E-state index in [9.17, 15) is 14.4 Å². The maximum absolute atomic E-state index is 13.9. The molecule has 196 valence electrons. The zero-order valence-corrected chi connectivity index (χ0v) is 21.9. The molecule has 1 saturated heterocycles. The molecule has 2 bridgehead atoms. The largest absolute Gasteiger partial charge is 0.377 e. The van der Waals surface area contributed by atoms with Crippen molar-refractivity contribution in [2.24, 2.45) is 5.41 Å². The Balaban J connectivity index is 1.42. The lowest BCUT2D eigenvalue weighted by molar-refractivity contribution is -0.139. The van der Waals surface area contributed by atoms with Gasteiger partial charge in [-0.1, -0.05) is 25.1 Å². The number of Topliss-reactive ketones (excluding diaryl/α,β-unsaturated/α-hetero) is 2. The first-order valence-electron chi connectivity index (χ1n) is 13.9. The van der Waals surface area contributed by atoms with Crippen molar-refractivity contribution in [3.05, 3.63) is 47.2 Å². The van der Waals surface area contributed by atoms with Crippen molar-refractivity contribution in [2.75, 3.05) is 19.8 Å². The van der Waals surface area contributed by atoms with E-state index in [-0.39, 0.29) is 41.5 Å². The number of rotatable bonds is 4. The molecule has 2 aliphatic carbocycles. The number of ketones is 2. The molecule has 0 spiro atoms. The standard InChI is InChI=1S/C30H37N3O4/c1-3-26(35)25-13-30-14-27(30)33(25)28(36)17-32-16-24(19(2)34)23-12-21(20-7-8-20)11-22(29(23)32)15-31-9-5-4-6-10-37-18-30/h4,6,11-12,16,20,25,27,31H,3,5,7-10,13-15,17-18H2,1-2H3/b6-4-/t25-,27+,30-/m0/s1. The second-order valence-electron chi connectivity index (χ2n) is 11.5. The summed E-state index contributed by atoms with van der Waals surface area (Å²) >= 11 is 0. The van der Waals surface area contributed by atoms with Crippen LogP contribution in [-0.4, -0.2) is 58.8 Å². The number of aromatic nitrogens is 1. The van der Waals surface area contributed by atoms with Gasteiger partial charge in [-0.3, -0.25) is 14.4 Å². The minimum absolute atomic E-state index is 0.00824. The summed E-state index contributed by atoms with van der Waals surface area (Å²) in [4.78, 5) is 41.4. The molecular weight excluding hydrogens is 466 g/mol. The van der Waals surface area contributed by atoms with Crippen molar-refractivity contribution >= 4 is 28.4 Å². The van der Waals surface area contributed by atoms with E-state index in [0.717, 1.165) is 35.9 Å². The van der Waals surface area contributed by atoms with Gasteiger partial charge in [0.05, 0.1) is 24.8 Å². The van der Waals surface area contributed by atoms with Gasteiger partial charge in [-0.05, 0) is 68.7 Å². The fourth-order valence-electron chi connectivity index (χ4n) is 6.60. The third-order valence-electron chi connectivity index (χ3n) is 8.81. The van der Waals surface area contributed by atoms with Crippen molar-refractivity contribution in [1.29, 1.82) is 0 Å². The monoisotopic (exact) mass is 503 g/mol. The zero-order valence-electron chi connectivity index (χ0n) is 21.9. The topological polar surface area (TPSA) is 80.6 Å². The van der Waals surface area contributed by atoms with Crippen LogP contribution in [0.25, 0.3) is 10.9 Å². The highest BCUT2D eigenvalue weighted by atomic mass is 16.5. The Morgan fingerprint density at radius 3 is 2.78 bits per heavy atom. The van der Waals surface area contributed by atoms with Crippen LogP contribution in [0.1, 0.15) is 79.8 Å². The Hall–Kier alpha value is -2.77. The molecule has 1 amide bonds. The Kier molecular flexibility index (Phi) is 6.32. The Morgan fingerprint density at radius 2 is 2.03 bits per heavy atom. The molecule has 7 nitrogen and oxygen atoms in total. The van der Waals surface area contributed by atoms with Crippen molar-refractivity contribution in [3.8, 4) is 0 Å². The van der Waals surface area contributed by atoms with Crippen molar-refractivity contribution in [2.45, 2.75) is 83.5 Å². The number of hydrogen-bond donors (Lipinski definition) is 1. The molecule has 6 rings (SSSR count). The summed E-state index contributed by atoms with van der Waals surface area (Å²) in [7, 11) is 0. The van der Waals surface area contributed by atoms with Gasteiger partial charge in [0, 0.05) is 41.6 Å². The van der Waals surface area contributed by atoms with E-state index in [2.05, 4.69) is 29.6 Å². The van der Waals surface area contributed by atoms with Crippen LogP contribution in [0.15, 0.2) is 30.5 Å². The van der Waals surface area contributed by atoms with Crippen LogP contribution in [0.5, 0.6) is 0 Å². The van der Waals surface area contributed by atoms with Gasteiger partial charge in [0.25, 0.3) is 0 Å². The van der Waals surface area contributed by atoms with Gasteiger partial charge in [0.1, 0.15) is 6.54 Å². The van der Waals surface area contributed by atoms with Crippen molar-refractivity contribution in [3.63, 3.8) is 0 Å². The highest BCUT2D eigenvalue weighted by Crippen LogP contribution is 2.60.